The normalized spacial score (nSPS) is 11.3. The Balaban J connectivity index is 2.64. The molecule has 0 fully saturated rings. The maximum atomic E-state index is 10.5. The monoisotopic (exact) mass is 303 g/mol. The van der Waals surface area contributed by atoms with Crippen molar-refractivity contribution in [3.8, 4) is 0 Å². The molecule has 0 saturated heterocycles. The third-order valence-corrected chi connectivity index (χ3v) is 3.54. The molecule has 0 spiro atoms. The van der Waals surface area contributed by atoms with Gasteiger partial charge in [-0.2, -0.15) is 0 Å². The Morgan fingerprint density at radius 2 is 2.05 bits per heavy atom. The van der Waals surface area contributed by atoms with Crippen molar-refractivity contribution in [1.82, 2.24) is 4.90 Å². The van der Waals surface area contributed by atoms with E-state index in [0.717, 1.165) is 12.1 Å². The molecule has 5 heteroatoms. The molecule has 0 unspecified atom stereocenters. The highest BCUT2D eigenvalue weighted by atomic mass is 35.5. The maximum absolute atomic E-state index is 10.5. The highest BCUT2D eigenvalue weighted by molar-refractivity contribution is 6.35. The second kappa shape index (κ2) is 7.73. The molecule has 0 amide bonds. The lowest BCUT2D eigenvalue weighted by molar-refractivity contribution is -0.137. The van der Waals surface area contributed by atoms with Gasteiger partial charge in [-0.25, -0.2) is 0 Å². The minimum atomic E-state index is -0.756. The highest BCUT2D eigenvalue weighted by Crippen LogP contribution is 2.23. The van der Waals surface area contributed by atoms with E-state index >= 15 is 0 Å². The van der Waals surface area contributed by atoms with Crippen LogP contribution in [0.3, 0.4) is 0 Å². The summed E-state index contributed by atoms with van der Waals surface area (Å²) in [5.41, 5.74) is 1.01. The van der Waals surface area contributed by atoms with Crippen LogP contribution in [-0.4, -0.2) is 28.6 Å². The van der Waals surface area contributed by atoms with E-state index < -0.39 is 5.97 Å². The first kappa shape index (κ1) is 16.3. The van der Waals surface area contributed by atoms with Crippen LogP contribution in [0, 0.1) is 0 Å². The topological polar surface area (TPSA) is 40.5 Å². The molecule has 0 aliphatic carbocycles. The van der Waals surface area contributed by atoms with Crippen molar-refractivity contribution in [3.63, 3.8) is 0 Å². The minimum Gasteiger partial charge on any atom is -0.481 e. The number of aliphatic carboxylic acids is 1. The number of carboxylic acid groups (broad SMARTS) is 1. The Hall–Kier alpha value is -0.770. The van der Waals surface area contributed by atoms with E-state index in [0.29, 0.717) is 29.1 Å². The van der Waals surface area contributed by atoms with Crippen molar-refractivity contribution in [3.05, 3.63) is 33.8 Å². The molecule has 0 heterocycles. The molecule has 1 N–H and O–H groups in total. The Bertz CT molecular complexity index is 435. The summed E-state index contributed by atoms with van der Waals surface area (Å²) in [7, 11) is 0. The van der Waals surface area contributed by atoms with Crippen molar-refractivity contribution < 1.29 is 9.90 Å². The van der Waals surface area contributed by atoms with E-state index in [1.807, 2.05) is 12.1 Å². The zero-order chi connectivity index (χ0) is 14.4. The number of hydrogen-bond acceptors (Lipinski definition) is 2. The lowest BCUT2D eigenvalue weighted by Gasteiger charge is -2.26. The van der Waals surface area contributed by atoms with E-state index in [2.05, 4.69) is 18.7 Å². The molecule has 19 heavy (non-hydrogen) atoms. The molecule has 0 aliphatic rings. The third-order valence-electron chi connectivity index (χ3n) is 2.95. The Morgan fingerprint density at radius 1 is 1.37 bits per heavy atom. The van der Waals surface area contributed by atoms with Gasteiger partial charge in [-0.3, -0.25) is 9.69 Å². The average molecular weight is 304 g/mol. The van der Waals surface area contributed by atoms with Gasteiger partial charge in [0.25, 0.3) is 0 Å². The van der Waals surface area contributed by atoms with E-state index in [1.54, 1.807) is 6.07 Å². The molecule has 0 atom stereocenters. The quantitative estimate of drug-likeness (QED) is 0.825. The molecule has 0 bridgehead atoms. The van der Waals surface area contributed by atoms with Gasteiger partial charge in [-0.1, -0.05) is 29.3 Å². The number of benzene rings is 1. The summed E-state index contributed by atoms with van der Waals surface area (Å²) < 4.78 is 0. The highest BCUT2D eigenvalue weighted by Gasteiger charge is 2.12. The van der Waals surface area contributed by atoms with E-state index in [4.69, 9.17) is 28.3 Å². The fourth-order valence-corrected chi connectivity index (χ4v) is 2.29. The lowest BCUT2D eigenvalue weighted by Crippen LogP contribution is -2.31. The molecule has 0 aliphatic heterocycles. The standard InChI is InChI=1S/C14H19Cl2NO2/c1-10(2)17(7-3-4-14(18)19)9-11-5-6-12(15)8-13(11)16/h5-6,8,10H,3-4,7,9H2,1-2H3,(H,18,19). The first-order valence-electron chi connectivity index (χ1n) is 6.30. The summed E-state index contributed by atoms with van der Waals surface area (Å²) in [6.45, 7) is 5.62. The smallest absolute Gasteiger partial charge is 0.303 e. The van der Waals surface area contributed by atoms with Crippen LogP contribution in [0.2, 0.25) is 10.0 Å². The number of rotatable bonds is 7. The number of hydrogen-bond donors (Lipinski definition) is 1. The van der Waals surface area contributed by atoms with Gasteiger partial charge >= 0.3 is 5.97 Å². The van der Waals surface area contributed by atoms with E-state index in [-0.39, 0.29) is 6.42 Å². The summed E-state index contributed by atoms with van der Waals surface area (Å²) in [6, 6.07) is 5.80. The van der Waals surface area contributed by atoms with Crippen LogP contribution >= 0.6 is 23.2 Å². The SMILES string of the molecule is CC(C)N(CCCC(=O)O)Cc1ccc(Cl)cc1Cl. The summed E-state index contributed by atoms with van der Waals surface area (Å²) in [5, 5.41) is 9.95. The van der Waals surface area contributed by atoms with Gasteiger partial charge in [0.05, 0.1) is 0 Å². The largest absolute Gasteiger partial charge is 0.481 e. The van der Waals surface area contributed by atoms with Crippen LogP contribution in [0.15, 0.2) is 18.2 Å². The minimum absolute atomic E-state index is 0.192. The van der Waals surface area contributed by atoms with Gasteiger partial charge in [-0.15, -0.1) is 0 Å². The first-order chi connectivity index (χ1) is 8.90. The zero-order valence-corrected chi connectivity index (χ0v) is 12.7. The molecular weight excluding hydrogens is 285 g/mol. The summed E-state index contributed by atoms with van der Waals surface area (Å²) in [5.74, 6) is -0.756. The molecule has 1 aromatic rings. The van der Waals surface area contributed by atoms with Gasteiger partial charge in [-0.05, 0) is 44.5 Å². The number of nitrogens with zero attached hydrogens (tertiary/aromatic N) is 1. The lowest BCUT2D eigenvalue weighted by atomic mass is 10.1. The van der Waals surface area contributed by atoms with Gasteiger partial charge in [0.15, 0.2) is 0 Å². The Morgan fingerprint density at radius 3 is 2.58 bits per heavy atom. The second-order valence-electron chi connectivity index (χ2n) is 4.80. The predicted molar refractivity (Wildman–Crippen MR) is 78.9 cm³/mol. The van der Waals surface area contributed by atoms with Crippen LogP contribution in [0.5, 0.6) is 0 Å². The van der Waals surface area contributed by atoms with Crippen molar-refractivity contribution in [1.29, 1.82) is 0 Å². The molecule has 0 saturated carbocycles. The predicted octanol–water partition coefficient (Wildman–Crippen LogP) is 4.07. The van der Waals surface area contributed by atoms with Gasteiger partial charge < -0.3 is 5.11 Å². The molecule has 106 valence electrons. The van der Waals surface area contributed by atoms with Crippen LogP contribution in [0.25, 0.3) is 0 Å². The van der Waals surface area contributed by atoms with E-state index in [1.165, 1.54) is 0 Å². The summed E-state index contributed by atoms with van der Waals surface area (Å²) >= 11 is 12.0. The van der Waals surface area contributed by atoms with Crippen molar-refractivity contribution in [2.24, 2.45) is 0 Å². The van der Waals surface area contributed by atoms with Gasteiger partial charge in [0, 0.05) is 29.1 Å². The fourth-order valence-electron chi connectivity index (χ4n) is 1.82. The Labute approximate surface area is 124 Å². The fraction of sp³-hybridized carbons (Fsp3) is 0.500. The summed E-state index contributed by atoms with van der Waals surface area (Å²) in [6.07, 6.45) is 0.830. The van der Waals surface area contributed by atoms with Crippen LogP contribution in [0.1, 0.15) is 32.3 Å². The molecular formula is C14H19Cl2NO2. The van der Waals surface area contributed by atoms with Crippen LogP contribution < -0.4 is 0 Å². The molecule has 1 rings (SSSR count). The van der Waals surface area contributed by atoms with Gasteiger partial charge in [0.2, 0.25) is 0 Å². The molecule has 1 aromatic carbocycles. The van der Waals surface area contributed by atoms with Crippen LogP contribution in [-0.2, 0) is 11.3 Å². The molecule has 0 radical (unpaired) electrons. The second-order valence-corrected chi connectivity index (χ2v) is 5.64. The molecule has 3 nitrogen and oxygen atoms in total. The van der Waals surface area contributed by atoms with Crippen LogP contribution in [0.4, 0.5) is 0 Å². The summed E-state index contributed by atoms with van der Waals surface area (Å²) in [4.78, 5) is 12.8. The maximum Gasteiger partial charge on any atom is 0.303 e. The number of carboxylic acids is 1. The molecule has 0 aromatic heterocycles. The average Bonchev–Trinajstić information content (AvgIpc) is 2.30. The number of carbonyl (C=O) groups is 1. The van der Waals surface area contributed by atoms with E-state index in [9.17, 15) is 4.79 Å². The Kier molecular flexibility index (Phi) is 6.63. The third kappa shape index (κ3) is 5.81. The zero-order valence-electron chi connectivity index (χ0n) is 11.2. The van der Waals surface area contributed by atoms with Crippen molar-refractivity contribution in [2.45, 2.75) is 39.3 Å². The number of halogens is 2. The van der Waals surface area contributed by atoms with Gasteiger partial charge in [0.1, 0.15) is 0 Å². The van der Waals surface area contributed by atoms with Crippen molar-refractivity contribution >= 4 is 29.2 Å². The van der Waals surface area contributed by atoms with Crippen molar-refractivity contribution in [2.75, 3.05) is 6.54 Å². The first-order valence-corrected chi connectivity index (χ1v) is 7.05.